The SMILES string of the molecule is COc1ccc(/C=C/C(=O)Nc2nnc(SCc3cccc(F)c3)s2)cc1OC. The van der Waals surface area contributed by atoms with Gasteiger partial charge >= 0.3 is 0 Å². The van der Waals surface area contributed by atoms with Crippen LogP contribution < -0.4 is 14.8 Å². The lowest BCUT2D eigenvalue weighted by atomic mass is 10.2. The van der Waals surface area contributed by atoms with Gasteiger partial charge in [-0.15, -0.1) is 10.2 Å². The molecule has 0 saturated heterocycles. The van der Waals surface area contributed by atoms with Gasteiger partial charge in [0.2, 0.25) is 11.0 Å². The van der Waals surface area contributed by atoms with Gasteiger partial charge in [0.25, 0.3) is 0 Å². The Labute approximate surface area is 175 Å². The van der Waals surface area contributed by atoms with E-state index in [4.69, 9.17) is 9.47 Å². The van der Waals surface area contributed by atoms with Crippen LogP contribution >= 0.6 is 23.1 Å². The van der Waals surface area contributed by atoms with Gasteiger partial charge in [0, 0.05) is 11.8 Å². The van der Waals surface area contributed by atoms with Crippen LogP contribution in [-0.4, -0.2) is 30.3 Å². The Balaban J connectivity index is 1.55. The van der Waals surface area contributed by atoms with Crippen LogP contribution in [0.4, 0.5) is 9.52 Å². The third-order valence-electron chi connectivity index (χ3n) is 3.72. The fourth-order valence-corrected chi connectivity index (χ4v) is 4.06. The minimum absolute atomic E-state index is 0.269. The molecule has 1 N–H and O–H groups in total. The summed E-state index contributed by atoms with van der Waals surface area (Å²) in [6.07, 6.45) is 3.07. The Bertz CT molecular complexity index is 1020. The van der Waals surface area contributed by atoms with Gasteiger partial charge in [-0.05, 0) is 41.5 Å². The predicted octanol–water partition coefficient (Wildman–Crippen LogP) is 4.64. The highest BCUT2D eigenvalue weighted by molar-refractivity contribution is 8.00. The van der Waals surface area contributed by atoms with E-state index in [9.17, 15) is 9.18 Å². The van der Waals surface area contributed by atoms with Crippen molar-refractivity contribution in [2.24, 2.45) is 0 Å². The maximum Gasteiger partial charge on any atom is 0.250 e. The zero-order valence-corrected chi connectivity index (χ0v) is 17.3. The third-order valence-corrected chi connectivity index (χ3v) is 5.77. The van der Waals surface area contributed by atoms with Gasteiger partial charge in [-0.2, -0.15) is 0 Å². The molecule has 0 aliphatic rings. The van der Waals surface area contributed by atoms with E-state index < -0.39 is 0 Å². The number of methoxy groups -OCH3 is 2. The number of nitrogens with one attached hydrogen (secondary N) is 1. The van der Waals surface area contributed by atoms with Crippen LogP contribution in [0.15, 0.2) is 52.9 Å². The van der Waals surface area contributed by atoms with Crippen molar-refractivity contribution in [3.8, 4) is 11.5 Å². The van der Waals surface area contributed by atoms with E-state index in [0.717, 1.165) is 11.1 Å². The number of amides is 1. The average molecular weight is 432 g/mol. The summed E-state index contributed by atoms with van der Waals surface area (Å²) in [6.45, 7) is 0. The first-order valence-corrected chi connectivity index (χ1v) is 10.3. The molecular formula is C20H18FN3O3S2. The van der Waals surface area contributed by atoms with E-state index in [1.54, 1.807) is 38.5 Å². The molecule has 0 bridgehead atoms. The van der Waals surface area contributed by atoms with Crippen molar-refractivity contribution in [3.05, 3.63) is 65.5 Å². The molecule has 150 valence electrons. The number of ether oxygens (including phenoxy) is 2. The standard InChI is InChI=1S/C20H18FN3O3S2/c1-26-16-8-6-13(11-17(16)27-2)7-9-18(25)22-19-23-24-20(29-19)28-12-14-4-3-5-15(21)10-14/h3-11H,12H2,1-2H3,(H,22,23,25)/b9-7+. The molecule has 1 aromatic heterocycles. The number of aromatic nitrogens is 2. The zero-order chi connectivity index (χ0) is 20.6. The normalized spacial score (nSPS) is 10.9. The molecule has 1 amide bonds. The predicted molar refractivity (Wildman–Crippen MR) is 113 cm³/mol. The molecular weight excluding hydrogens is 413 g/mol. The topological polar surface area (TPSA) is 73.3 Å². The summed E-state index contributed by atoms with van der Waals surface area (Å²) in [5, 5.41) is 11.1. The Morgan fingerprint density at radius 3 is 2.76 bits per heavy atom. The first kappa shape index (κ1) is 20.8. The smallest absolute Gasteiger partial charge is 0.250 e. The van der Waals surface area contributed by atoms with Crippen molar-refractivity contribution < 1.29 is 18.7 Å². The van der Waals surface area contributed by atoms with Gasteiger partial charge in [-0.3, -0.25) is 10.1 Å². The molecule has 0 radical (unpaired) electrons. The monoisotopic (exact) mass is 431 g/mol. The third kappa shape index (κ3) is 6.03. The maximum absolute atomic E-state index is 13.2. The highest BCUT2D eigenvalue weighted by Crippen LogP contribution is 2.29. The zero-order valence-electron chi connectivity index (χ0n) is 15.7. The summed E-state index contributed by atoms with van der Waals surface area (Å²) in [4.78, 5) is 12.1. The largest absolute Gasteiger partial charge is 0.493 e. The van der Waals surface area contributed by atoms with Crippen molar-refractivity contribution in [1.29, 1.82) is 0 Å². The molecule has 3 aromatic rings. The van der Waals surface area contributed by atoms with Gasteiger partial charge in [0.05, 0.1) is 14.2 Å². The fraction of sp³-hybridized carbons (Fsp3) is 0.150. The number of hydrogen-bond donors (Lipinski definition) is 1. The molecule has 0 atom stereocenters. The van der Waals surface area contributed by atoms with E-state index in [0.29, 0.717) is 26.7 Å². The lowest BCUT2D eigenvalue weighted by molar-refractivity contribution is -0.111. The van der Waals surface area contributed by atoms with Gasteiger partial charge < -0.3 is 9.47 Å². The molecule has 29 heavy (non-hydrogen) atoms. The molecule has 0 saturated carbocycles. The van der Waals surface area contributed by atoms with Crippen molar-refractivity contribution in [3.63, 3.8) is 0 Å². The summed E-state index contributed by atoms with van der Waals surface area (Å²) < 4.78 is 24.3. The van der Waals surface area contributed by atoms with Crippen LogP contribution in [0.2, 0.25) is 0 Å². The van der Waals surface area contributed by atoms with Crippen LogP contribution in [0.5, 0.6) is 11.5 Å². The lowest BCUT2D eigenvalue weighted by Gasteiger charge is -2.07. The number of halogens is 1. The summed E-state index contributed by atoms with van der Waals surface area (Å²) in [6, 6.07) is 11.8. The second-order valence-electron chi connectivity index (χ2n) is 5.73. The van der Waals surface area contributed by atoms with E-state index >= 15 is 0 Å². The maximum atomic E-state index is 13.2. The van der Waals surface area contributed by atoms with Crippen LogP contribution in [0.25, 0.3) is 6.08 Å². The molecule has 0 fully saturated rings. The summed E-state index contributed by atoms with van der Waals surface area (Å²) in [7, 11) is 3.12. The van der Waals surface area contributed by atoms with E-state index in [2.05, 4.69) is 15.5 Å². The Kier molecular flexibility index (Phi) is 7.20. The number of carbonyl (C=O) groups excluding carboxylic acids is 1. The van der Waals surface area contributed by atoms with E-state index in [1.807, 2.05) is 12.1 Å². The number of nitrogens with zero attached hydrogens (tertiary/aromatic N) is 2. The number of rotatable bonds is 8. The summed E-state index contributed by atoms with van der Waals surface area (Å²) >= 11 is 2.69. The van der Waals surface area contributed by atoms with Crippen LogP contribution in [0.3, 0.4) is 0 Å². The van der Waals surface area contributed by atoms with Crippen molar-refractivity contribution in [2.45, 2.75) is 10.1 Å². The summed E-state index contributed by atoms with van der Waals surface area (Å²) in [5.41, 5.74) is 1.65. The first-order chi connectivity index (χ1) is 14.1. The second kappa shape index (κ2) is 10.0. The van der Waals surface area contributed by atoms with Gasteiger partial charge in [-0.1, -0.05) is 41.3 Å². The highest BCUT2D eigenvalue weighted by atomic mass is 32.2. The molecule has 0 aliphatic carbocycles. The Hall–Kier alpha value is -2.91. The van der Waals surface area contributed by atoms with E-state index in [1.165, 1.54) is 41.3 Å². The van der Waals surface area contributed by atoms with Gasteiger partial charge in [0.1, 0.15) is 5.82 Å². The average Bonchev–Trinajstić information content (AvgIpc) is 3.17. The molecule has 3 rings (SSSR count). The van der Waals surface area contributed by atoms with Crippen LogP contribution in [0.1, 0.15) is 11.1 Å². The number of thioether (sulfide) groups is 1. The molecule has 2 aromatic carbocycles. The lowest BCUT2D eigenvalue weighted by Crippen LogP contribution is -2.07. The van der Waals surface area contributed by atoms with Crippen LogP contribution in [-0.2, 0) is 10.5 Å². The minimum Gasteiger partial charge on any atom is -0.493 e. The van der Waals surface area contributed by atoms with Crippen molar-refractivity contribution in [1.82, 2.24) is 10.2 Å². The number of hydrogen-bond acceptors (Lipinski definition) is 7. The van der Waals surface area contributed by atoms with Gasteiger partial charge in [-0.25, -0.2) is 4.39 Å². The molecule has 9 heteroatoms. The van der Waals surface area contributed by atoms with E-state index in [-0.39, 0.29) is 11.7 Å². The van der Waals surface area contributed by atoms with Gasteiger partial charge in [0.15, 0.2) is 15.8 Å². The molecule has 0 unspecified atom stereocenters. The number of benzene rings is 2. The van der Waals surface area contributed by atoms with Crippen molar-refractivity contribution >= 4 is 40.2 Å². The molecule has 0 aliphatic heterocycles. The van der Waals surface area contributed by atoms with Crippen molar-refractivity contribution in [2.75, 3.05) is 19.5 Å². The first-order valence-electron chi connectivity index (χ1n) is 8.49. The highest BCUT2D eigenvalue weighted by Gasteiger charge is 2.08. The fourth-order valence-electron chi connectivity index (χ4n) is 2.37. The molecule has 1 heterocycles. The summed E-state index contributed by atoms with van der Waals surface area (Å²) in [5.74, 6) is 1.18. The number of carbonyl (C=O) groups is 1. The quantitative estimate of drug-likeness (QED) is 0.318. The number of anilines is 1. The minimum atomic E-state index is -0.322. The Morgan fingerprint density at radius 2 is 2.00 bits per heavy atom. The molecule has 0 spiro atoms. The second-order valence-corrected chi connectivity index (χ2v) is 7.93. The Morgan fingerprint density at radius 1 is 1.17 bits per heavy atom. The molecule has 6 nitrogen and oxygen atoms in total. The van der Waals surface area contributed by atoms with Crippen LogP contribution in [0, 0.1) is 5.82 Å².